The van der Waals surface area contributed by atoms with Crippen LogP contribution in [0.25, 0.3) is 6.08 Å². The van der Waals surface area contributed by atoms with Gasteiger partial charge in [-0.05, 0) is 41.7 Å². The highest BCUT2D eigenvalue weighted by Crippen LogP contribution is 2.29. The molecule has 3 heteroatoms. The van der Waals surface area contributed by atoms with E-state index in [1.807, 2.05) is 23.9 Å². The lowest BCUT2D eigenvalue weighted by Gasteiger charge is -2.08. The maximum absolute atomic E-state index is 10.5. The van der Waals surface area contributed by atoms with E-state index in [-0.39, 0.29) is 0 Å². The summed E-state index contributed by atoms with van der Waals surface area (Å²) in [7, 11) is 0. The Hall–Kier alpha value is -1.22. The van der Waals surface area contributed by atoms with Crippen molar-refractivity contribution < 1.29 is 9.90 Å². The average molecular weight is 276 g/mol. The number of carboxylic acids is 1. The molecule has 0 heterocycles. The molecule has 2 rings (SSSR count). The summed E-state index contributed by atoms with van der Waals surface area (Å²) in [5.74, 6) is 2.29. The van der Waals surface area contributed by atoms with Gasteiger partial charge in [0.2, 0.25) is 0 Å². The number of rotatable bonds is 6. The molecule has 1 aliphatic rings. The predicted octanol–water partition coefficient (Wildman–Crippen LogP) is 4.21. The van der Waals surface area contributed by atoms with Crippen LogP contribution < -0.4 is 0 Å². The number of thioether (sulfide) groups is 1. The van der Waals surface area contributed by atoms with Gasteiger partial charge in [0.1, 0.15) is 0 Å². The van der Waals surface area contributed by atoms with Crippen LogP contribution >= 0.6 is 11.8 Å². The normalized spacial score (nSPS) is 16.2. The average Bonchev–Trinajstić information content (AvgIpc) is 2.90. The van der Waals surface area contributed by atoms with Gasteiger partial charge in [-0.2, -0.15) is 11.8 Å². The van der Waals surface area contributed by atoms with Gasteiger partial charge in [-0.15, -0.1) is 0 Å². The third kappa shape index (κ3) is 5.11. The quantitative estimate of drug-likeness (QED) is 0.791. The molecule has 19 heavy (non-hydrogen) atoms. The summed E-state index contributed by atoms with van der Waals surface area (Å²) in [6.45, 7) is 0. The van der Waals surface area contributed by atoms with Crippen LogP contribution in [0.3, 0.4) is 0 Å². The van der Waals surface area contributed by atoms with Crippen molar-refractivity contribution in [2.75, 3.05) is 5.75 Å². The fourth-order valence-electron chi connectivity index (χ4n) is 2.47. The predicted molar refractivity (Wildman–Crippen MR) is 81.2 cm³/mol. The Morgan fingerprint density at radius 2 is 2.16 bits per heavy atom. The third-order valence-corrected chi connectivity index (χ3v) is 4.71. The summed E-state index contributed by atoms with van der Waals surface area (Å²) in [6, 6.07) is 8.11. The molecule has 0 unspecified atom stereocenters. The second kappa shape index (κ2) is 7.39. The van der Waals surface area contributed by atoms with E-state index in [9.17, 15) is 4.79 Å². The van der Waals surface area contributed by atoms with Gasteiger partial charge in [0.15, 0.2) is 0 Å². The lowest BCUT2D eigenvalue weighted by molar-refractivity contribution is -0.131. The van der Waals surface area contributed by atoms with E-state index < -0.39 is 5.97 Å². The van der Waals surface area contributed by atoms with E-state index in [0.717, 1.165) is 17.2 Å². The highest BCUT2D eigenvalue weighted by atomic mass is 32.2. The highest BCUT2D eigenvalue weighted by molar-refractivity contribution is 7.98. The molecule has 1 fully saturated rings. The Bertz CT molecular complexity index is 448. The number of hydrogen-bond donors (Lipinski definition) is 1. The zero-order chi connectivity index (χ0) is 13.5. The minimum atomic E-state index is -0.902. The number of hydrogen-bond acceptors (Lipinski definition) is 2. The number of aliphatic carboxylic acids is 1. The van der Waals surface area contributed by atoms with E-state index in [2.05, 4.69) is 12.1 Å². The molecule has 0 amide bonds. The summed E-state index contributed by atoms with van der Waals surface area (Å²) >= 11 is 2.00. The molecule has 0 bridgehead atoms. The molecule has 0 saturated heterocycles. The van der Waals surface area contributed by atoms with Crippen molar-refractivity contribution in [3.63, 3.8) is 0 Å². The first-order valence-corrected chi connectivity index (χ1v) is 7.97. The van der Waals surface area contributed by atoms with Crippen molar-refractivity contribution in [3.8, 4) is 0 Å². The van der Waals surface area contributed by atoms with Crippen molar-refractivity contribution in [1.29, 1.82) is 0 Å². The van der Waals surface area contributed by atoms with Gasteiger partial charge in [0.05, 0.1) is 0 Å². The molecule has 1 aromatic rings. The first-order chi connectivity index (χ1) is 9.24. The summed E-state index contributed by atoms with van der Waals surface area (Å²) < 4.78 is 0. The van der Waals surface area contributed by atoms with Crippen LogP contribution in [0.5, 0.6) is 0 Å². The molecular formula is C16H20O2S. The smallest absolute Gasteiger partial charge is 0.328 e. The minimum Gasteiger partial charge on any atom is -0.478 e. The molecule has 0 aliphatic heterocycles. The molecule has 1 N–H and O–H groups in total. The largest absolute Gasteiger partial charge is 0.478 e. The number of benzene rings is 1. The third-order valence-electron chi connectivity index (χ3n) is 3.47. The van der Waals surface area contributed by atoms with Gasteiger partial charge in [-0.3, -0.25) is 0 Å². The fourth-order valence-corrected chi connectivity index (χ4v) is 3.67. The van der Waals surface area contributed by atoms with E-state index in [4.69, 9.17) is 5.11 Å². The van der Waals surface area contributed by atoms with E-state index in [0.29, 0.717) is 0 Å². The van der Waals surface area contributed by atoms with Crippen LogP contribution in [-0.2, 0) is 10.5 Å². The van der Waals surface area contributed by atoms with Gasteiger partial charge in [-0.25, -0.2) is 4.79 Å². The SMILES string of the molecule is O=C(O)C=Cc1cccc(CSCC2CCCC2)c1. The maximum atomic E-state index is 10.5. The van der Waals surface area contributed by atoms with Crippen molar-refractivity contribution in [3.05, 3.63) is 41.5 Å². The van der Waals surface area contributed by atoms with Gasteiger partial charge in [0, 0.05) is 11.8 Å². The molecule has 2 nitrogen and oxygen atoms in total. The Labute approximate surface area is 118 Å². The molecular weight excluding hydrogens is 256 g/mol. The van der Waals surface area contributed by atoms with Crippen LogP contribution in [-0.4, -0.2) is 16.8 Å². The van der Waals surface area contributed by atoms with Crippen LogP contribution in [0.1, 0.15) is 36.8 Å². The molecule has 1 saturated carbocycles. The van der Waals surface area contributed by atoms with Crippen LogP contribution in [0, 0.1) is 5.92 Å². The molecule has 1 aliphatic carbocycles. The molecule has 1 aromatic carbocycles. The standard InChI is InChI=1S/C16H20O2S/c17-16(18)9-8-13-6-3-7-15(10-13)12-19-11-14-4-1-2-5-14/h3,6-10,14H,1-2,4-5,11-12H2,(H,17,18). The van der Waals surface area contributed by atoms with Crippen molar-refractivity contribution in [2.24, 2.45) is 5.92 Å². The van der Waals surface area contributed by atoms with Crippen LogP contribution in [0.15, 0.2) is 30.3 Å². The van der Waals surface area contributed by atoms with Crippen molar-refractivity contribution in [1.82, 2.24) is 0 Å². The van der Waals surface area contributed by atoms with Crippen molar-refractivity contribution >= 4 is 23.8 Å². The lowest BCUT2D eigenvalue weighted by atomic mass is 10.1. The second-order valence-corrected chi connectivity index (χ2v) is 6.11. The zero-order valence-corrected chi connectivity index (χ0v) is 11.9. The zero-order valence-electron chi connectivity index (χ0n) is 11.0. The van der Waals surface area contributed by atoms with E-state index >= 15 is 0 Å². The van der Waals surface area contributed by atoms with Gasteiger partial charge in [-0.1, -0.05) is 37.1 Å². The molecule has 102 valence electrons. The molecule has 0 atom stereocenters. The Kier molecular flexibility index (Phi) is 5.52. The van der Waals surface area contributed by atoms with E-state index in [1.54, 1.807) is 6.08 Å². The Morgan fingerprint density at radius 1 is 1.37 bits per heavy atom. The summed E-state index contributed by atoms with van der Waals surface area (Å²) in [6.07, 6.45) is 8.43. The van der Waals surface area contributed by atoms with Gasteiger partial charge >= 0.3 is 5.97 Å². The molecule has 0 radical (unpaired) electrons. The van der Waals surface area contributed by atoms with Crippen molar-refractivity contribution in [2.45, 2.75) is 31.4 Å². The molecule has 0 spiro atoms. The van der Waals surface area contributed by atoms with Gasteiger partial charge < -0.3 is 5.11 Å². The Balaban J connectivity index is 1.82. The summed E-state index contributed by atoms with van der Waals surface area (Å²) in [4.78, 5) is 10.5. The number of carbonyl (C=O) groups is 1. The van der Waals surface area contributed by atoms with E-state index in [1.165, 1.54) is 43.1 Å². The topological polar surface area (TPSA) is 37.3 Å². The fraction of sp³-hybridized carbons (Fsp3) is 0.438. The molecule has 0 aromatic heterocycles. The minimum absolute atomic E-state index is 0.902. The first kappa shape index (κ1) is 14.2. The summed E-state index contributed by atoms with van der Waals surface area (Å²) in [5.41, 5.74) is 2.23. The Morgan fingerprint density at radius 3 is 2.89 bits per heavy atom. The highest BCUT2D eigenvalue weighted by Gasteiger charge is 2.14. The summed E-state index contributed by atoms with van der Waals surface area (Å²) in [5, 5.41) is 8.62. The number of carboxylic acid groups (broad SMARTS) is 1. The second-order valence-electron chi connectivity index (χ2n) is 5.08. The lowest BCUT2D eigenvalue weighted by Crippen LogP contribution is -1.97. The van der Waals surface area contributed by atoms with Crippen LogP contribution in [0.2, 0.25) is 0 Å². The van der Waals surface area contributed by atoms with Crippen LogP contribution in [0.4, 0.5) is 0 Å². The van der Waals surface area contributed by atoms with Gasteiger partial charge in [0.25, 0.3) is 0 Å². The maximum Gasteiger partial charge on any atom is 0.328 e. The monoisotopic (exact) mass is 276 g/mol. The first-order valence-electron chi connectivity index (χ1n) is 6.82.